The van der Waals surface area contributed by atoms with E-state index in [0.717, 1.165) is 0 Å². The average Bonchev–Trinajstić information content (AvgIpc) is 2.28. The third-order valence-corrected chi connectivity index (χ3v) is 2.03. The number of hydrogen-bond acceptors (Lipinski definition) is 3. The predicted octanol–water partition coefficient (Wildman–Crippen LogP) is 1.10. The van der Waals surface area contributed by atoms with E-state index in [1.807, 2.05) is 13.8 Å². The zero-order chi connectivity index (χ0) is 12.8. The van der Waals surface area contributed by atoms with Gasteiger partial charge in [0.05, 0.1) is 5.69 Å². The van der Waals surface area contributed by atoms with Crippen LogP contribution >= 0.6 is 0 Å². The van der Waals surface area contributed by atoms with Crippen molar-refractivity contribution in [1.29, 1.82) is 0 Å². The molecule has 0 saturated carbocycles. The SMILES string of the molecule is CC(C)CNC(=O)C(=O)Nc1ccccc1O. The Labute approximate surface area is 99.8 Å². The van der Waals surface area contributed by atoms with Gasteiger partial charge in [0.1, 0.15) is 5.75 Å². The van der Waals surface area contributed by atoms with E-state index in [0.29, 0.717) is 6.54 Å². The first-order valence-electron chi connectivity index (χ1n) is 5.38. The highest BCUT2D eigenvalue weighted by molar-refractivity contribution is 6.39. The van der Waals surface area contributed by atoms with Gasteiger partial charge in [0.25, 0.3) is 0 Å². The van der Waals surface area contributed by atoms with Crippen molar-refractivity contribution in [2.45, 2.75) is 13.8 Å². The van der Waals surface area contributed by atoms with Crippen LogP contribution in [-0.4, -0.2) is 23.5 Å². The van der Waals surface area contributed by atoms with E-state index < -0.39 is 11.8 Å². The molecule has 3 N–H and O–H groups in total. The molecule has 1 rings (SSSR count). The van der Waals surface area contributed by atoms with Gasteiger partial charge >= 0.3 is 11.8 Å². The van der Waals surface area contributed by atoms with E-state index in [1.165, 1.54) is 12.1 Å². The van der Waals surface area contributed by atoms with Crippen LogP contribution < -0.4 is 10.6 Å². The molecule has 92 valence electrons. The molecule has 0 fully saturated rings. The van der Waals surface area contributed by atoms with E-state index in [-0.39, 0.29) is 17.4 Å². The fourth-order valence-electron chi connectivity index (χ4n) is 1.14. The molecule has 5 heteroatoms. The van der Waals surface area contributed by atoms with Crippen LogP contribution in [0.4, 0.5) is 5.69 Å². The molecule has 0 radical (unpaired) electrons. The molecule has 2 amide bonds. The number of nitrogens with one attached hydrogen (secondary N) is 2. The summed E-state index contributed by atoms with van der Waals surface area (Å²) >= 11 is 0. The molecule has 0 heterocycles. The number of benzene rings is 1. The van der Waals surface area contributed by atoms with E-state index in [9.17, 15) is 14.7 Å². The number of phenolic OH excluding ortho intramolecular Hbond substituents is 1. The molecule has 5 nitrogen and oxygen atoms in total. The van der Waals surface area contributed by atoms with Crippen LogP contribution in [0.3, 0.4) is 0 Å². The van der Waals surface area contributed by atoms with E-state index in [1.54, 1.807) is 12.1 Å². The molecule has 0 saturated heterocycles. The molecular weight excluding hydrogens is 220 g/mol. The Kier molecular flexibility index (Phi) is 4.51. The zero-order valence-electron chi connectivity index (χ0n) is 9.86. The summed E-state index contributed by atoms with van der Waals surface area (Å²) in [6, 6.07) is 6.23. The number of phenols is 1. The normalized spacial score (nSPS) is 10.1. The zero-order valence-corrected chi connectivity index (χ0v) is 9.86. The smallest absolute Gasteiger partial charge is 0.313 e. The Morgan fingerprint density at radius 2 is 1.88 bits per heavy atom. The molecule has 17 heavy (non-hydrogen) atoms. The summed E-state index contributed by atoms with van der Waals surface area (Å²) in [6.45, 7) is 4.30. The summed E-state index contributed by atoms with van der Waals surface area (Å²) in [5, 5.41) is 14.2. The first-order chi connectivity index (χ1) is 8.00. The van der Waals surface area contributed by atoms with E-state index in [2.05, 4.69) is 10.6 Å². The van der Waals surface area contributed by atoms with Crippen molar-refractivity contribution in [3.8, 4) is 5.75 Å². The number of amides is 2. The molecule has 0 aliphatic rings. The second-order valence-corrected chi connectivity index (χ2v) is 4.08. The lowest BCUT2D eigenvalue weighted by molar-refractivity contribution is -0.136. The second kappa shape index (κ2) is 5.89. The van der Waals surface area contributed by atoms with Gasteiger partial charge in [-0.1, -0.05) is 26.0 Å². The molecule has 1 aromatic rings. The Hall–Kier alpha value is -2.04. The van der Waals surface area contributed by atoms with Crippen molar-refractivity contribution < 1.29 is 14.7 Å². The molecule has 0 spiro atoms. The highest BCUT2D eigenvalue weighted by atomic mass is 16.3. The number of hydrogen-bond donors (Lipinski definition) is 3. The minimum absolute atomic E-state index is 0.0718. The van der Waals surface area contributed by atoms with Crippen LogP contribution in [0.25, 0.3) is 0 Å². The largest absolute Gasteiger partial charge is 0.506 e. The Morgan fingerprint density at radius 3 is 2.47 bits per heavy atom. The van der Waals surface area contributed by atoms with Gasteiger partial charge in [-0.2, -0.15) is 0 Å². The van der Waals surface area contributed by atoms with Gasteiger partial charge in [-0.3, -0.25) is 9.59 Å². The van der Waals surface area contributed by atoms with Crippen molar-refractivity contribution in [3.63, 3.8) is 0 Å². The van der Waals surface area contributed by atoms with Crippen molar-refractivity contribution in [1.82, 2.24) is 5.32 Å². The van der Waals surface area contributed by atoms with Crippen LogP contribution in [0.1, 0.15) is 13.8 Å². The van der Waals surface area contributed by atoms with Crippen molar-refractivity contribution in [3.05, 3.63) is 24.3 Å². The van der Waals surface area contributed by atoms with Crippen molar-refractivity contribution in [2.24, 2.45) is 5.92 Å². The third-order valence-electron chi connectivity index (χ3n) is 2.03. The maximum atomic E-state index is 11.4. The average molecular weight is 236 g/mol. The first kappa shape index (κ1) is 13.0. The van der Waals surface area contributed by atoms with Gasteiger partial charge in [0.2, 0.25) is 0 Å². The van der Waals surface area contributed by atoms with Crippen LogP contribution in [0.5, 0.6) is 5.75 Å². The molecule has 0 aromatic heterocycles. The van der Waals surface area contributed by atoms with Crippen molar-refractivity contribution in [2.75, 3.05) is 11.9 Å². The highest BCUT2D eigenvalue weighted by Crippen LogP contribution is 2.21. The maximum Gasteiger partial charge on any atom is 0.313 e. The van der Waals surface area contributed by atoms with Crippen LogP contribution in [0.15, 0.2) is 24.3 Å². The third kappa shape index (κ3) is 4.14. The molecule has 0 aliphatic heterocycles. The first-order valence-corrected chi connectivity index (χ1v) is 5.38. The van der Waals surface area contributed by atoms with Gasteiger partial charge in [-0.15, -0.1) is 0 Å². The Balaban J connectivity index is 2.55. The summed E-state index contributed by atoms with van der Waals surface area (Å²) in [5.74, 6) is -1.29. The lowest BCUT2D eigenvalue weighted by atomic mass is 10.2. The van der Waals surface area contributed by atoms with Crippen LogP contribution in [-0.2, 0) is 9.59 Å². The molecule has 0 atom stereocenters. The van der Waals surface area contributed by atoms with E-state index in [4.69, 9.17) is 0 Å². The number of para-hydroxylation sites is 2. The molecule has 1 aromatic carbocycles. The fraction of sp³-hybridized carbons (Fsp3) is 0.333. The monoisotopic (exact) mass is 236 g/mol. The number of carbonyl (C=O) groups is 2. The van der Waals surface area contributed by atoms with Gasteiger partial charge in [0.15, 0.2) is 0 Å². The highest BCUT2D eigenvalue weighted by Gasteiger charge is 2.14. The number of rotatable bonds is 3. The predicted molar refractivity (Wildman–Crippen MR) is 64.6 cm³/mol. The molecule has 0 unspecified atom stereocenters. The van der Waals surface area contributed by atoms with Gasteiger partial charge < -0.3 is 15.7 Å². The summed E-state index contributed by atoms with van der Waals surface area (Å²) < 4.78 is 0. The number of aromatic hydroxyl groups is 1. The summed E-state index contributed by atoms with van der Waals surface area (Å²) in [4.78, 5) is 22.8. The van der Waals surface area contributed by atoms with Gasteiger partial charge in [-0.05, 0) is 18.1 Å². The number of anilines is 1. The quantitative estimate of drug-likeness (QED) is 0.543. The molecule has 0 aliphatic carbocycles. The summed E-state index contributed by atoms with van der Waals surface area (Å²) in [7, 11) is 0. The minimum Gasteiger partial charge on any atom is -0.506 e. The van der Waals surface area contributed by atoms with Crippen LogP contribution in [0.2, 0.25) is 0 Å². The van der Waals surface area contributed by atoms with Crippen LogP contribution in [0, 0.1) is 5.92 Å². The maximum absolute atomic E-state index is 11.4. The summed E-state index contributed by atoms with van der Waals surface area (Å²) in [5.41, 5.74) is 0.220. The minimum atomic E-state index is -0.785. The lowest BCUT2D eigenvalue weighted by Gasteiger charge is -2.08. The topological polar surface area (TPSA) is 78.4 Å². The molecular formula is C12H16N2O3. The second-order valence-electron chi connectivity index (χ2n) is 4.08. The number of carbonyl (C=O) groups excluding carboxylic acids is 2. The lowest BCUT2D eigenvalue weighted by Crippen LogP contribution is -2.37. The fourth-order valence-corrected chi connectivity index (χ4v) is 1.14. The van der Waals surface area contributed by atoms with Gasteiger partial charge in [-0.25, -0.2) is 0 Å². The van der Waals surface area contributed by atoms with E-state index >= 15 is 0 Å². The Morgan fingerprint density at radius 1 is 1.24 bits per heavy atom. The van der Waals surface area contributed by atoms with Gasteiger partial charge in [0, 0.05) is 6.54 Å². The standard InChI is InChI=1S/C12H16N2O3/c1-8(2)7-13-11(16)12(17)14-9-5-3-4-6-10(9)15/h3-6,8,15H,7H2,1-2H3,(H,13,16)(H,14,17). The summed E-state index contributed by atoms with van der Waals surface area (Å²) in [6.07, 6.45) is 0. The Bertz CT molecular complexity index is 416. The van der Waals surface area contributed by atoms with Crippen molar-refractivity contribution >= 4 is 17.5 Å². The molecule has 0 bridgehead atoms.